The number of hydrogen-bond donors (Lipinski definition) is 1. The molecule has 0 radical (unpaired) electrons. The average Bonchev–Trinajstić information content (AvgIpc) is 2.03. The lowest BCUT2D eigenvalue weighted by molar-refractivity contribution is 0.200. The van der Waals surface area contributed by atoms with Crippen molar-refractivity contribution in [3.63, 3.8) is 0 Å². The van der Waals surface area contributed by atoms with Crippen LogP contribution in [0.15, 0.2) is 0 Å². The third-order valence-corrected chi connectivity index (χ3v) is 4.43. The fourth-order valence-corrected chi connectivity index (χ4v) is 2.25. The number of nitrogens with two attached hydrogens (primary N) is 1. The highest BCUT2D eigenvalue weighted by atomic mass is 32.2. The van der Waals surface area contributed by atoms with Crippen LogP contribution < -0.4 is 5.73 Å². The van der Waals surface area contributed by atoms with Crippen molar-refractivity contribution in [1.82, 2.24) is 0 Å². The van der Waals surface area contributed by atoms with Gasteiger partial charge < -0.3 is 10.5 Å². The zero-order chi connectivity index (χ0) is 9.78. The number of methoxy groups -OCH3 is 1. The van der Waals surface area contributed by atoms with E-state index in [9.17, 15) is 8.42 Å². The van der Waals surface area contributed by atoms with Crippen LogP contribution in [0.5, 0.6) is 0 Å². The van der Waals surface area contributed by atoms with Gasteiger partial charge in [-0.05, 0) is 13.8 Å². The van der Waals surface area contributed by atoms with Gasteiger partial charge in [-0.2, -0.15) is 0 Å². The predicted octanol–water partition coefficient (Wildman–Crippen LogP) is -0.217. The summed E-state index contributed by atoms with van der Waals surface area (Å²) < 4.78 is 27.7. The van der Waals surface area contributed by atoms with Crippen LogP contribution in [0.3, 0.4) is 0 Å². The summed E-state index contributed by atoms with van der Waals surface area (Å²) in [7, 11) is -1.62. The summed E-state index contributed by atoms with van der Waals surface area (Å²) in [6.45, 7) is 3.63. The Labute approximate surface area is 74.0 Å². The third kappa shape index (κ3) is 2.73. The molecule has 12 heavy (non-hydrogen) atoms. The van der Waals surface area contributed by atoms with E-state index in [0.29, 0.717) is 0 Å². The summed E-state index contributed by atoms with van der Waals surface area (Å²) in [6, 6.07) is 0. The molecule has 0 rings (SSSR count). The highest BCUT2D eigenvalue weighted by molar-refractivity contribution is 7.92. The van der Waals surface area contributed by atoms with Gasteiger partial charge in [-0.25, -0.2) is 8.42 Å². The van der Waals surface area contributed by atoms with E-state index in [4.69, 9.17) is 10.5 Å². The molecule has 2 N–H and O–H groups in total. The van der Waals surface area contributed by atoms with Gasteiger partial charge in [0.15, 0.2) is 9.84 Å². The molecule has 2 unspecified atom stereocenters. The topological polar surface area (TPSA) is 69.4 Å². The maximum absolute atomic E-state index is 11.5. The molecule has 0 saturated heterocycles. The Bertz CT molecular complexity index is 213. The van der Waals surface area contributed by atoms with E-state index in [1.54, 1.807) is 13.8 Å². The molecule has 0 spiro atoms. The molecule has 0 aromatic carbocycles. The molecule has 0 heterocycles. The molecule has 74 valence electrons. The molecule has 0 amide bonds. The van der Waals surface area contributed by atoms with Crippen LogP contribution in [0.25, 0.3) is 0 Å². The summed E-state index contributed by atoms with van der Waals surface area (Å²) in [5.74, 6) is 0. The Morgan fingerprint density at radius 3 is 2.17 bits per heavy atom. The highest BCUT2D eigenvalue weighted by Gasteiger charge is 2.26. The summed E-state index contributed by atoms with van der Waals surface area (Å²) in [4.78, 5) is 0. The maximum atomic E-state index is 11.5. The normalized spacial score (nSPS) is 17.3. The minimum atomic E-state index is -3.10. The van der Waals surface area contributed by atoms with Crippen molar-refractivity contribution in [3.05, 3.63) is 0 Å². The highest BCUT2D eigenvalue weighted by Crippen LogP contribution is 2.08. The molecular formula is C7H17NO3S. The first-order valence-corrected chi connectivity index (χ1v) is 5.49. The van der Waals surface area contributed by atoms with Gasteiger partial charge in [0.05, 0.1) is 17.1 Å². The molecule has 0 aliphatic rings. The van der Waals surface area contributed by atoms with E-state index in [-0.39, 0.29) is 13.2 Å². The van der Waals surface area contributed by atoms with Gasteiger partial charge in [0.2, 0.25) is 0 Å². The number of hydrogen-bond acceptors (Lipinski definition) is 4. The lowest BCUT2D eigenvalue weighted by atomic mass is 10.5. The van der Waals surface area contributed by atoms with E-state index in [0.717, 1.165) is 0 Å². The first-order chi connectivity index (χ1) is 5.46. The monoisotopic (exact) mass is 195 g/mol. The second-order valence-electron chi connectivity index (χ2n) is 2.90. The second-order valence-corrected chi connectivity index (χ2v) is 5.69. The lowest BCUT2D eigenvalue weighted by Gasteiger charge is -2.16. The van der Waals surface area contributed by atoms with Crippen LogP contribution in [0.4, 0.5) is 0 Å². The zero-order valence-electron chi connectivity index (χ0n) is 7.78. The van der Waals surface area contributed by atoms with Gasteiger partial charge in [0.1, 0.15) is 0 Å². The molecule has 0 aromatic heterocycles. The maximum Gasteiger partial charge on any atom is 0.158 e. The molecule has 0 fully saturated rings. The van der Waals surface area contributed by atoms with Gasteiger partial charge in [0, 0.05) is 13.7 Å². The van der Waals surface area contributed by atoms with Crippen LogP contribution in [-0.2, 0) is 14.6 Å². The van der Waals surface area contributed by atoms with Crippen molar-refractivity contribution in [2.24, 2.45) is 5.73 Å². The lowest BCUT2D eigenvalue weighted by Crippen LogP contribution is -2.35. The van der Waals surface area contributed by atoms with Gasteiger partial charge in [-0.3, -0.25) is 0 Å². The Hall–Kier alpha value is -0.130. The molecule has 4 nitrogen and oxygen atoms in total. The van der Waals surface area contributed by atoms with Gasteiger partial charge in [-0.1, -0.05) is 0 Å². The Morgan fingerprint density at radius 1 is 1.33 bits per heavy atom. The molecule has 0 aromatic rings. The van der Waals surface area contributed by atoms with E-state index >= 15 is 0 Å². The quantitative estimate of drug-likeness (QED) is 0.658. The largest absolute Gasteiger partial charge is 0.383 e. The summed E-state index contributed by atoms with van der Waals surface area (Å²) in [6.07, 6.45) is 0. The molecule has 0 bridgehead atoms. The minimum absolute atomic E-state index is 0.163. The fraction of sp³-hybridized carbons (Fsp3) is 1.00. The van der Waals surface area contributed by atoms with Gasteiger partial charge >= 0.3 is 0 Å². The van der Waals surface area contributed by atoms with E-state index in [1.807, 2.05) is 0 Å². The fourth-order valence-electron chi connectivity index (χ4n) is 0.860. The van der Waals surface area contributed by atoms with E-state index < -0.39 is 20.3 Å². The van der Waals surface area contributed by atoms with Crippen molar-refractivity contribution in [2.75, 3.05) is 20.3 Å². The Morgan fingerprint density at radius 2 is 1.83 bits per heavy atom. The summed E-state index contributed by atoms with van der Waals surface area (Å²) >= 11 is 0. The number of rotatable bonds is 5. The van der Waals surface area contributed by atoms with Gasteiger partial charge in [0.25, 0.3) is 0 Å². The van der Waals surface area contributed by atoms with Crippen LogP contribution in [0.1, 0.15) is 13.8 Å². The van der Waals surface area contributed by atoms with Crippen molar-refractivity contribution >= 4 is 9.84 Å². The molecule has 0 saturated carbocycles. The number of ether oxygens (including phenoxy) is 1. The standard InChI is InChI=1S/C7H17NO3S/c1-6(4-8)12(9,10)7(2)5-11-3/h6-7H,4-5,8H2,1-3H3. The van der Waals surface area contributed by atoms with Crippen molar-refractivity contribution in [1.29, 1.82) is 0 Å². The smallest absolute Gasteiger partial charge is 0.158 e. The first-order valence-electron chi connectivity index (χ1n) is 3.88. The third-order valence-electron chi connectivity index (χ3n) is 1.85. The van der Waals surface area contributed by atoms with Crippen LogP contribution in [0.2, 0.25) is 0 Å². The van der Waals surface area contributed by atoms with Crippen molar-refractivity contribution < 1.29 is 13.2 Å². The molecule has 2 atom stereocenters. The average molecular weight is 195 g/mol. The molecule has 5 heteroatoms. The van der Waals surface area contributed by atoms with Gasteiger partial charge in [-0.15, -0.1) is 0 Å². The molecule has 0 aliphatic carbocycles. The van der Waals surface area contributed by atoms with Crippen LogP contribution in [-0.4, -0.2) is 39.2 Å². The molecule has 0 aliphatic heterocycles. The van der Waals surface area contributed by atoms with Crippen molar-refractivity contribution in [3.8, 4) is 0 Å². The van der Waals surface area contributed by atoms with Crippen LogP contribution >= 0.6 is 0 Å². The van der Waals surface area contributed by atoms with E-state index in [1.165, 1.54) is 7.11 Å². The second kappa shape index (κ2) is 4.79. The van der Waals surface area contributed by atoms with Crippen molar-refractivity contribution in [2.45, 2.75) is 24.3 Å². The Kier molecular flexibility index (Phi) is 4.74. The number of sulfone groups is 1. The first kappa shape index (κ1) is 11.9. The van der Waals surface area contributed by atoms with E-state index in [2.05, 4.69) is 0 Å². The SMILES string of the molecule is COCC(C)S(=O)(=O)C(C)CN. The summed E-state index contributed by atoms with van der Waals surface area (Å²) in [5, 5.41) is -0.955. The summed E-state index contributed by atoms with van der Waals surface area (Å²) in [5.41, 5.74) is 5.27. The molecular weight excluding hydrogens is 178 g/mol. The predicted molar refractivity (Wildman–Crippen MR) is 48.8 cm³/mol. The minimum Gasteiger partial charge on any atom is -0.383 e. The van der Waals surface area contributed by atoms with Crippen LogP contribution in [0, 0.1) is 0 Å². The Balaban J connectivity index is 4.39. The zero-order valence-corrected chi connectivity index (χ0v) is 8.60.